The summed E-state index contributed by atoms with van der Waals surface area (Å²) in [5, 5.41) is 5.11. The van der Waals surface area contributed by atoms with Gasteiger partial charge in [-0.2, -0.15) is 13.2 Å². The molecule has 0 aliphatic carbocycles. The molecule has 12 heteroatoms. The Balaban J connectivity index is 1.74. The van der Waals surface area contributed by atoms with Gasteiger partial charge in [0.25, 0.3) is 0 Å². The van der Waals surface area contributed by atoms with Gasteiger partial charge in [-0.15, -0.1) is 11.3 Å². The Morgan fingerprint density at radius 1 is 1.23 bits per heavy atom. The summed E-state index contributed by atoms with van der Waals surface area (Å²) in [7, 11) is -4.21. The zero-order valence-corrected chi connectivity index (χ0v) is 18.4. The van der Waals surface area contributed by atoms with Gasteiger partial charge >= 0.3 is 6.18 Å². The van der Waals surface area contributed by atoms with E-state index in [0.29, 0.717) is 12.6 Å². The third-order valence-corrected chi connectivity index (χ3v) is 6.82. The number of aromatic nitrogens is 1. The van der Waals surface area contributed by atoms with Gasteiger partial charge in [-0.05, 0) is 44.4 Å². The van der Waals surface area contributed by atoms with E-state index in [9.17, 15) is 26.4 Å². The quantitative estimate of drug-likeness (QED) is 0.501. The number of carbonyl (C=O) groups is 1. The third kappa shape index (κ3) is 7.53. The molecule has 166 valence electrons. The Bertz CT molecular complexity index is 979. The van der Waals surface area contributed by atoms with E-state index in [1.807, 2.05) is 12.3 Å². The number of aryl methyl sites for hydroxylation is 2. The van der Waals surface area contributed by atoms with Crippen LogP contribution in [0.15, 0.2) is 28.5 Å². The molecule has 0 aliphatic rings. The molecule has 30 heavy (non-hydrogen) atoms. The molecule has 0 fully saturated rings. The molecule has 6 nitrogen and oxygen atoms in total. The number of benzene rings is 1. The number of hydrogen-bond acceptors (Lipinski definition) is 5. The van der Waals surface area contributed by atoms with Crippen LogP contribution in [0.4, 0.5) is 13.2 Å². The van der Waals surface area contributed by atoms with Crippen LogP contribution in [-0.2, 0) is 27.4 Å². The summed E-state index contributed by atoms with van der Waals surface area (Å²) in [5.41, 5.74) is -0.253. The fourth-order valence-corrected chi connectivity index (χ4v) is 4.61. The van der Waals surface area contributed by atoms with Gasteiger partial charge < -0.3 is 5.32 Å². The highest BCUT2D eigenvalue weighted by Gasteiger charge is 2.34. The van der Waals surface area contributed by atoms with Crippen molar-refractivity contribution in [3.63, 3.8) is 0 Å². The first-order valence-electron chi connectivity index (χ1n) is 9.03. The second-order valence-electron chi connectivity index (χ2n) is 6.48. The van der Waals surface area contributed by atoms with Crippen molar-refractivity contribution in [3.8, 4) is 0 Å². The van der Waals surface area contributed by atoms with E-state index in [4.69, 9.17) is 11.6 Å². The summed E-state index contributed by atoms with van der Waals surface area (Å²) >= 11 is 7.09. The van der Waals surface area contributed by atoms with Crippen molar-refractivity contribution in [2.24, 2.45) is 0 Å². The lowest BCUT2D eigenvalue weighted by Gasteiger charge is -2.12. The van der Waals surface area contributed by atoms with Crippen LogP contribution in [0.25, 0.3) is 0 Å². The fourth-order valence-electron chi connectivity index (χ4n) is 2.51. The Labute approximate surface area is 181 Å². The highest BCUT2D eigenvalue weighted by molar-refractivity contribution is 7.89. The van der Waals surface area contributed by atoms with Crippen LogP contribution in [-0.4, -0.2) is 32.4 Å². The van der Waals surface area contributed by atoms with Crippen molar-refractivity contribution in [2.45, 2.75) is 43.7 Å². The number of nitrogens with one attached hydrogen (secondary N) is 2. The normalized spacial score (nSPS) is 12.2. The third-order valence-electron chi connectivity index (χ3n) is 4.00. The largest absolute Gasteiger partial charge is 0.417 e. The van der Waals surface area contributed by atoms with Crippen LogP contribution in [0.5, 0.6) is 0 Å². The zero-order chi connectivity index (χ0) is 22.4. The van der Waals surface area contributed by atoms with Gasteiger partial charge in [-0.1, -0.05) is 11.6 Å². The maximum absolute atomic E-state index is 12.9. The molecular formula is C18H21ClF3N3O3S2. The molecule has 2 N–H and O–H groups in total. The lowest BCUT2D eigenvalue weighted by Crippen LogP contribution is -2.31. The number of thiazole rings is 1. The lowest BCUT2D eigenvalue weighted by atomic mass is 10.2. The van der Waals surface area contributed by atoms with E-state index >= 15 is 0 Å². The van der Waals surface area contributed by atoms with E-state index in [2.05, 4.69) is 15.0 Å². The molecule has 2 aromatic rings. The minimum atomic E-state index is -4.78. The van der Waals surface area contributed by atoms with Crippen LogP contribution in [0, 0.1) is 6.92 Å². The Hall–Kier alpha value is -1.69. The second-order valence-corrected chi connectivity index (χ2v) is 9.59. The van der Waals surface area contributed by atoms with Crippen LogP contribution in [0.3, 0.4) is 0 Å². The number of nitrogens with zero attached hydrogens (tertiary/aromatic N) is 1. The molecule has 1 aromatic heterocycles. The first-order chi connectivity index (χ1) is 14.0. The molecule has 1 amide bonds. The summed E-state index contributed by atoms with van der Waals surface area (Å²) in [6.45, 7) is 2.13. The van der Waals surface area contributed by atoms with Gasteiger partial charge in [0.05, 0.1) is 20.5 Å². The topological polar surface area (TPSA) is 88.2 Å². The molecule has 0 radical (unpaired) electrons. The number of sulfonamides is 1. The maximum Gasteiger partial charge on any atom is 0.417 e. The Kier molecular flexibility index (Phi) is 8.65. The number of hydrogen-bond donors (Lipinski definition) is 2. The SMILES string of the molecule is Cc1csc(CCCCNC(=O)CCNS(=O)(=O)c2ccc(Cl)c(C(F)(F)F)c2)n1. The summed E-state index contributed by atoms with van der Waals surface area (Å²) in [6, 6.07) is 2.32. The molecule has 0 unspecified atom stereocenters. The maximum atomic E-state index is 12.9. The zero-order valence-electron chi connectivity index (χ0n) is 16.1. The van der Waals surface area contributed by atoms with Gasteiger partial charge in [0, 0.05) is 30.6 Å². The Morgan fingerprint density at radius 3 is 2.60 bits per heavy atom. The van der Waals surface area contributed by atoms with E-state index < -0.39 is 31.7 Å². The molecule has 1 aromatic carbocycles. The predicted octanol–water partition coefficient (Wildman–Crippen LogP) is 3.93. The van der Waals surface area contributed by atoms with E-state index in [0.717, 1.165) is 42.1 Å². The molecule has 0 spiro atoms. The summed E-state index contributed by atoms with van der Waals surface area (Å²) in [5.74, 6) is -0.352. The number of halogens is 4. The smallest absolute Gasteiger partial charge is 0.356 e. The fraction of sp³-hybridized carbons (Fsp3) is 0.444. The average Bonchev–Trinajstić information content (AvgIpc) is 3.05. The van der Waals surface area contributed by atoms with Gasteiger partial charge in [0.1, 0.15) is 0 Å². The van der Waals surface area contributed by atoms with Crippen LogP contribution in [0.2, 0.25) is 5.02 Å². The van der Waals surface area contributed by atoms with Gasteiger partial charge in [0.15, 0.2) is 0 Å². The number of rotatable bonds is 10. The molecule has 0 saturated heterocycles. The number of unbranched alkanes of at least 4 members (excludes halogenated alkanes) is 1. The van der Waals surface area contributed by atoms with Crippen molar-refractivity contribution < 1.29 is 26.4 Å². The van der Waals surface area contributed by atoms with Crippen LogP contribution in [0.1, 0.15) is 35.5 Å². The highest BCUT2D eigenvalue weighted by atomic mass is 35.5. The Morgan fingerprint density at radius 2 is 1.97 bits per heavy atom. The van der Waals surface area contributed by atoms with Crippen molar-refractivity contribution in [1.82, 2.24) is 15.0 Å². The minimum Gasteiger partial charge on any atom is -0.356 e. The molecular weight excluding hydrogens is 463 g/mol. The lowest BCUT2D eigenvalue weighted by molar-refractivity contribution is -0.137. The van der Waals surface area contributed by atoms with Crippen molar-refractivity contribution >= 4 is 38.9 Å². The number of carbonyl (C=O) groups excluding carboxylic acids is 1. The molecule has 0 atom stereocenters. The van der Waals surface area contributed by atoms with Crippen LogP contribution >= 0.6 is 22.9 Å². The van der Waals surface area contributed by atoms with E-state index in [1.54, 1.807) is 11.3 Å². The van der Waals surface area contributed by atoms with Crippen LogP contribution < -0.4 is 10.0 Å². The van der Waals surface area contributed by atoms with Crippen molar-refractivity contribution in [3.05, 3.63) is 44.9 Å². The standard InChI is InChI=1S/C18H21ClF3N3O3S2/c1-12-11-29-17(25-12)4-2-3-8-23-16(26)7-9-24-30(27,28)13-5-6-15(19)14(10-13)18(20,21)22/h5-6,10-11,24H,2-4,7-9H2,1H3,(H,23,26). The van der Waals surface area contributed by atoms with E-state index in [-0.39, 0.29) is 18.9 Å². The predicted molar refractivity (Wildman–Crippen MR) is 109 cm³/mol. The molecule has 1 heterocycles. The molecule has 0 saturated carbocycles. The van der Waals surface area contributed by atoms with Gasteiger partial charge in [0.2, 0.25) is 15.9 Å². The summed E-state index contributed by atoms with van der Waals surface area (Å²) < 4.78 is 65.2. The summed E-state index contributed by atoms with van der Waals surface area (Å²) in [6.07, 6.45) is -2.47. The van der Waals surface area contributed by atoms with Crippen molar-refractivity contribution in [1.29, 1.82) is 0 Å². The average molecular weight is 484 g/mol. The molecule has 0 bridgehead atoms. The van der Waals surface area contributed by atoms with E-state index in [1.165, 1.54) is 0 Å². The summed E-state index contributed by atoms with van der Waals surface area (Å²) in [4.78, 5) is 15.6. The highest BCUT2D eigenvalue weighted by Crippen LogP contribution is 2.35. The minimum absolute atomic E-state index is 0.134. The first kappa shape index (κ1) is 24.6. The molecule has 0 aliphatic heterocycles. The number of alkyl halides is 3. The number of amides is 1. The molecule has 2 rings (SSSR count). The van der Waals surface area contributed by atoms with Gasteiger partial charge in [-0.3, -0.25) is 4.79 Å². The second kappa shape index (κ2) is 10.6. The monoisotopic (exact) mass is 483 g/mol. The van der Waals surface area contributed by atoms with Gasteiger partial charge in [-0.25, -0.2) is 18.1 Å². The van der Waals surface area contributed by atoms with Crippen molar-refractivity contribution in [2.75, 3.05) is 13.1 Å². The first-order valence-corrected chi connectivity index (χ1v) is 11.8.